The van der Waals surface area contributed by atoms with E-state index in [1.807, 2.05) is 0 Å². The second kappa shape index (κ2) is 9.08. The first kappa shape index (κ1) is 21.5. The van der Waals surface area contributed by atoms with Crippen LogP contribution in [-0.4, -0.2) is 43.8 Å². The van der Waals surface area contributed by atoms with Crippen LogP contribution in [0, 0.1) is 11.6 Å². The fraction of sp³-hybridized carbons (Fsp3) is 0.250. The number of fused-ring (bicyclic) bond motifs is 1. The van der Waals surface area contributed by atoms with Crippen molar-refractivity contribution in [1.82, 2.24) is 9.97 Å². The number of carbonyl (C=O) groups excluding carboxylic acids is 1. The first-order chi connectivity index (χ1) is 14.4. The summed E-state index contributed by atoms with van der Waals surface area (Å²) in [4.78, 5) is 21.5. The third-order valence-electron chi connectivity index (χ3n) is 4.37. The largest absolute Gasteiger partial charge is 0.497 e. The van der Waals surface area contributed by atoms with Gasteiger partial charge in [0.05, 0.1) is 26.7 Å². The van der Waals surface area contributed by atoms with Crippen molar-refractivity contribution < 1.29 is 27.8 Å². The Morgan fingerprint density at radius 3 is 2.37 bits per heavy atom. The van der Waals surface area contributed by atoms with Crippen LogP contribution in [0.5, 0.6) is 11.5 Å². The van der Waals surface area contributed by atoms with E-state index in [1.54, 1.807) is 31.4 Å². The summed E-state index contributed by atoms with van der Waals surface area (Å²) < 4.78 is 43.9. The van der Waals surface area contributed by atoms with E-state index in [2.05, 4.69) is 9.97 Å². The standard InChI is InChI=1S/C20H18ClF2N3O4/c1-28-12-6-4-11(5-7-12)9-26(10-15(27)29-2)19-16-17(24-20(21)25-19)13(22)8-14(23)18(16)30-3/h4-8H,9-10H2,1-3H3. The summed E-state index contributed by atoms with van der Waals surface area (Å²) in [6.07, 6.45) is 0. The molecule has 1 heterocycles. The third-order valence-corrected chi connectivity index (χ3v) is 4.54. The average Bonchev–Trinajstić information content (AvgIpc) is 2.74. The van der Waals surface area contributed by atoms with Gasteiger partial charge in [-0.15, -0.1) is 0 Å². The van der Waals surface area contributed by atoms with Gasteiger partial charge in [0.1, 0.15) is 23.6 Å². The van der Waals surface area contributed by atoms with Gasteiger partial charge in [0.25, 0.3) is 0 Å². The van der Waals surface area contributed by atoms with E-state index in [-0.39, 0.29) is 40.8 Å². The Morgan fingerprint density at radius 1 is 1.07 bits per heavy atom. The Bertz CT molecular complexity index is 1080. The number of rotatable bonds is 7. The Labute approximate surface area is 176 Å². The molecule has 0 unspecified atom stereocenters. The molecule has 10 heteroatoms. The van der Waals surface area contributed by atoms with Crippen LogP contribution < -0.4 is 14.4 Å². The van der Waals surface area contributed by atoms with E-state index in [1.165, 1.54) is 19.1 Å². The maximum atomic E-state index is 14.5. The van der Waals surface area contributed by atoms with Gasteiger partial charge >= 0.3 is 5.97 Å². The minimum absolute atomic E-state index is 0.0291. The lowest BCUT2D eigenvalue weighted by molar-refractivity contribution is -0.139. The highest BCUT2D eigenvalue weighted by molar-refractivity contribution is 6.29. The maximum absolute atomic E-state index is 14.5. The van der Waals surface area contributed by atoms with Crippen molar-refractivity contribution in [3.63, 3.8) is 0 Å². The zero-order valence-corrected chi connectivity index (χ0v) is 17.2. The summed E-state index contributed by atoms with van der Waals surface area (Å²) in [5.74, 6) is -2.03. The number of hydrogen-bond acceptors (Lipinski definition) is 7. The highest BCUT2D eigenvalue weighted by Crippen LogP contribution is 2.37. The van der Waals surface area contributed by atoms with Crippen LogP contribution in [-0.2, 0) is 16.1 Å². The summed E-state index contributed by atoms with van der Waals surface area (Å²) in [7, 11) is 4.02. The van der Waals surface area contributed by atoms with E-state index in [0.29, 0.717) is 11.8 Å². The molecule has 0 aliphatic heterocycles. The summed E-state index contributed by atoms with van der Waals surface area (Å²) in [6.45, 7) is -0.102. The van der Waals surface area contributed by atoms with Crippen molar-refractivity contribution in [3.8, 4) is 11.5 Å². The van der Waals surface area contributed by atoms with Crippen molar-refractivity contribution in [2.24, 2.45) is 0 Å². The van der Waals surface area contributed by atoms with E-state index in [9.17, 15) is 13.6 Å². The Balaban J connectivity index is 2.19. The molecule has 30 heavy (non-hydrogen) atoms. The fourth-order valence-electron chi connectivity index (χ4n) is 2.97. The van der Waals surface area contributed by atoms with Crippen LogP contribution in [0.1, 0.15) is 5.56 Å². The van der Waals surface area contributed by atoms with Gasteiger partial charge in [0, 0.05) is 12.6 Å². The van der Waals surface area contributed by atoms with Crippen molar-refractivity contribution in [2.75, 3.05) is 32.8 Å². The zero-order valence-electron chi connectivity index (χ0n) is 16.4. The molecule has 0 N–H and O–H groups in total. The molecule has 3 aromatic rings. The molecule has 1 aromatic heterocycles. The van der Waals surface area contributed by atoms with Gasteiger partial charge in [0.15, 0.2) is 17.4 Å². The van der Waals surface area contributed by atoms with E-state index < -0.39 is 17.6 Å². The number of benzene rings is 2. The molecule has 0 radical (unpaired) electrons. The van der Waals surface area contributed by atoms with E-state index in [0.717, 1.165) is 5.56 Å². The summed E-state index contributed by atoms with van der Waals surface area (Å²) in [6, 6.07) is 7.72. The van der Waals surface area contributed by atoms with Crippen LogP contribution in [0.3, 0.4) is 0 Å². The van der Waals surface area contributed by atoms with Crippen LogP contribution in [0.2, 0.25) is 5.28 Å². The SMILES string of the molecule is COC(=O)CN(Cc1ccc(OC)cc1)c1nc(Cl)nc2c(F)cc(F)c(OC)c12. The maximum Gasteiger partial charge on any atom is 0.325 e. The highest BCUT2D eigenvalue weighted by atomic mass is 35.5. The monoisotopic (exact) mass is 437 g/mol. The molecular weight excluding hydrogens is 420 g/mol. The van der Waals surface area contributed by atoms with Crippen molar-refractivity contribution in [2.45, 2.75) is 6.54 Å². The number of nitrogens with zero attached hydrogens (tertiary/aromatic N) is 3. The van der Waals surface area contributed by atoms with Crippen LogP contribution in [0.4, 0.5) is 14.6 Å². The number of anilines is 1. The topological polar surface area (TPSA) is 73.8 Å². The molecule has 0 atom stereocenters. The van der Waals surface area contributed by atoms with Crippen LogP contribution >= 0.6 is 11.6 Å². The molecule has 0 spiro atoms. The minimum atomic E-state index is -0.934. The normalized spacial score (nSPS) is 10.7. The molecule has 0 amide bonds. The molecule has 0 aliphatic rings. The Hall–Kier alpha value is -3.20. The first-order valence-electron chi connectivity index (χ1n) is 8.71. The zero-order chi connectivity index (χ0) is 21.8. The summed E-state index contributed by atoms with van der Waals surface area (Å²) in [5, 5.41) is -0.313. The molecule has 0 aliphatic carbocycles. The molecule has 3 rings (SSSR count). The summed E-state index contributed by atoms with van der Waals surface area (Å²) >= 11 is 6.01. The lowest BCUT2D eigenvalue weighted by Gasteiger charge is -2.25. The number of ether oxygens (including phenoxy) is 3. The van der Waals surface area contributed by atoms with Gasteiger partial charge in [-0.1, -0.05) is 12.1 Å². The Kier molecular flexibility index (Phi) is 6.51. The van der Waals surface area contributed by atoms with Gasteiger partial charge in [-0.05, 0) is 29.3 Å². The number of methoxy groups -OCH3 is 3. The molecule has 0 saturated carbocycles. The first-order valence-corrected chi connectivity index (χ1v) is 9.09. The third kappa shape index (κ3) is 4.35. The summed E-state index contributed by atoms with van der Waals surface area (Å²) in [5.41, 5.74) is 0.547. The molecule has 158 valence electrons. The quantitative estimate of drug-likeness (QED) is 0.411. The van der Waals surface area contributed by atoms with Crippen LogP contribution in [0.25, 0.3) is 10.9 Å². The minimum Gasteiger partial charge on any atom is -0.497 e. The average molecular weight is 438 g/mol. The molecular formula is C20H18ClF2N3O4. The Morgan fingerprint density at radius 2 is 1.77 bits per heavy atom. The van der Waals surface area contributed by atoms with Gasteiger partial charge < -0.3 is 19.1 Å². The van der Waals surface area contributed by atoms with Gasteiger partial charge in [-0.25, -0.2) is 13.8 Å². The van der Waals surface area contributed by atoms with E-state index >= 15 is 0 Å². The number of aromatic nitrogens is 2. The molecule has 0 bridgehead atoms. The molecule has 0 saturated heterocycles. The van der Waals surface area contributed by atoms with Gasteiger partial charge in [-0.2, -0.15) is 4.98 Å². The van der Waals surface area contributed by atoms with Gasteiger partial charge in [0.2, 0.25) is 5.28 Å². The number of halogens is 3. The number of esters is 1. The smallest absolute Gasteiger partial charge is 0.325 e. The second-order valence-electron chi connectivity index (χ2n) is 6.19. The second-order valence-corrected chi connectivity index (χ2v) is 6.53. The van der Waals surface area contributed by atoms with Crippen LogP contribution in [0.15, 0.2) is 30.3 Å². The number of hydrogen-bond donors (Lipinski definition) is 0. The lowest BCUT2D eigenvalue weighted by Crippen LogP contribution is -2.31. The fourth-order valence-corrected chi connectivity index (χ4v) is 3.14. The van der Waals surface area contributed by atoms with Crippen molar-refractivity contribution in [3.05, 3.63) is 52.8 Å². The molecule has 7 nitrogen and oxygen atoms in total. The van der Waals surface area contributed by atoms with Crippen molar-refractivity contribution in [1.29, 1.82) is 0 Å². The van der Waals surface area contributed by atoms with E-state index in [4.69, 9.17) is 25.8 Å². The van der Waals surface area contributed by atoms with Gasteiger partial charge in [-0.3, -0.25) is 4.79 Å². The molecule has 0 fully saturated rings. The number of carbonyl (C=O) groups is 1. The van der Waals surface area contributed by atoms with Crippen molar-refractivity contribution >= 4 is 34.3 Å². The lowest BCUT2D eigenvalue weighted by atomic mass is 10.1. The predicted octanol–water partition coefficient (Wildman–Crippen LogP) is 3.76. The predicted molar refractivity (Wildman–Crippen MR) is 107 cm³/mol. The molecule has 2 aromatic carbocycles. The highest BCUT2D eigenvalue weighted by Gasteiger charge is 2.25.